The molecule has 3 aromatic carbocycles. The highest BCUT2D eigenvalue weighted by molar-refractivity contribution is 6.27. The van der Waals surface area contributed by atoms with E-state index in [0.29, 0.717) is 0 Å². The quantitative estimate of drug-likeness (QED) is 0.448. The zero-order valence-electron chi connectivity index (χ0n) is 11.5. The molecule has 96 valence electrons. The molecule has 0 amide bonds. The summed E-state index contributed by atoms with van der Waals surface area (Å²) in [6.07, 6.45) is 0. The monoisotopic (exact) mass is 258 g/mol. The SMILES string of the molecule is Cc1ccc2c(c1)C(=O)c1c-2ccc2cc(C)ccc12. The molecule has 1 heteroatoms. The lowest BCUT2D eigenvalue weighted by Gasteiger charge is -2.05. The highest BCUT2D eigenvalue weighted by Gasteiger charge is 2.28. The maximum Gasteiger partial charge on any atom is 0.194 e. The van der Waals surface area contributed by atoms with Crippen molar-refractivity contribution in [3.8, 4) is 11.1 Å². The van der Waals surface area contributed by atoms with Gasteiger partial charge in [-0.15, -0.1) is 0 Å². The van der Waals surface area contributed by atoms with Crippen LogP contribution in [-0.2, 0) is 0 Å². The third kappa shape index (κ3) is 1.41. The summed E-state index contributed by atoms with van der Waals surface area (Å²) in [5.74, 6) is 0.160. The highest BCUT2D eigenvalue weighted by Crippen LogP contribution is 2.40. The molecule has 0 aromatic heterocycles. The Balaban J connectivity index is 2.11. The standard InChI is InChI=1S/C19H14O/c1-11-3-6-14-13(9-11)5-8-16-15-7-4-12(2)10-17(15)19(20)18(14)16/h3-10H,1-2H3. The van der Waals surface area contributed by atoms with E-state index in [4.69, 9.17) is 0 Å². The molecule has 1 aliphatic carbocycles. The first-order valence-electron chi connectivity index (χ1n) is 6.84. The second-order valence-electron chi connectivity index (χ2n) is 5.59. The predicted octanol–water partition coefficient (Wildman–Crippen LogP) is 4.67. The van der Waals surface area contributed by atoms with Crippen molar-refractivity contribution in [3.05, 3.63) is 70.8 Å². The minimum Gasteiger partial charge on any atom is -0.289 e. The van der Waals surface area contributed by atoms with E-state index in [-0.39, 0.29) is 5.78 Å². The molecule has 0 N–H and O–H groups in total. The van der Waals surface area contributed by atoms with Gasteiger partial charge in [0.05, 0.1) is 0 Å². The molecule has 0 spiro atoms. The minimum absolute atomic E-state index is 0.160. The van der Waals surface area contributed by atoms with Gasteiger partial charge < -0.3 is 0 Å². The smallest absolute Gasteiger partial charge is 0.194 e. The van der Waals surface area contributed by atoms with E-state index in [1.54, 1.807) is 0 Å². The van der Waals surface area contributed by atoms with Crippen molar-refractivity contribution in [1.29, 1.82) is 0 Å². The van der Waals surface area contributed by atoms with Crippen LogP contribution in [0.5, 0.6) is 0 Å². The molecule has 0 bridgehead atoms. The summed E-state index contributed by atoms with van der Waals surface area (Å²) in [4.78, 5) is 12.7. The Morgan fingerprint density at radius 1 is 0.700 bits per heavy atom. The number of carbonyl (C=O) groups is 1. The summed E-state index contributed by atoms with van der Waals surface area (Å²) >= 11 is 0. The fourth-order valence-corrected chi connectivity index (χ4v) is 3.13. The fourth-order valence-electron chi connectivity index (χ4n) is 3.13. The molecule has 0 heterocycles. The molecule has 1 aliphatic rings. The number of carbonyl (C=O) groups excluding carboxylic acids is 1. The van der Waals surface area contributed by atoms with Crippen molar-refractivity contribution in [3.63, 3.8) is 0 Å². The number of hydrogen-bond donors (Lipinski definition) is 0. The van der Waals surface area contributed by atoms with Crippen molar-refractivity contribution in [2.45, 2.75) is 13.8 Å². The maximum absolute atomic E-state index is 12.7. The third-order valence-corrected chi connectivity index (χ3v) is 4.11. The number of fused-ring (bicyclic) bond motifs is 5. The van der Waals surface area contributed by atoms with Crippen molar-refractivity contribution in [2.24, 2.45) is 0 Å². The summed E-state index contributed by atoms with van der Waals surface area (Å²) in [7, 11) is 0. The molecular weight excluding hydrogens is 244 g/mol. The Morgan fingerprint density at radius 3 is 2.25 bits per heavy atom. The Labute approximate surface area is 117 Å². The van der Waals surface area contributed by atoms with Gasteiger partial charge in [-0.3, -0.25) is 4.79 Å². The van der Waals surface area contributed by atoms with Crippen LogP contribution < -0.4 is 0 Å². The number of rotatable bonds is 0. The van der Waals surface area contributed by atoms with Gasteiger partial charge in [0.25, 0.3) is 0 Å². The average Bonchev–Trinajstić information content (AvgIpc) is 2.72. The van der Waals surface area contributed by atoms with E-state index in [1.165, 1.54) is 5.56 Å². The summed E-state index contributed by atoms with van der Waals surface area (Å²) in [6, 6.07) is 16.6. The van der Waals surface area contributed by atoms with Gasteiger partial charge in [0.15, 0.2) is 5.78 Å². The Kier molecular flexibility index (Phi) is 2.17. The van der Waals surface area contributed by atoms with E-state index >= 15 is 0 Å². The van der Waals surface area contributed by atoms with E-state index in [2.05, 4.69) is 49.4 Å². The van der Waals surface area contributed by atoms with Gasteiger partial charge in [-0.25, -0.2) is 0 Å². The zero-order valence-corrected chi connectivity index (χ0v) is 11.5. The molecule has 0 atom stereocenters. The third-order valence-electron chi connectivity index (χ3n) is 4.11. The lowest BCUT2D eigenvalue weighted by atomic mass is 9.98. The van der Waals surface area contributed by atoms with Gasteiger partial charge in [0, 0.05) is 11.1 Å². The van der Waals surface area contributed by atoms with Crippen LogP contribution in [0.1, 0.15) is 27.0 Å². The first-order chi connectivity index (χ1) is 9.65. The fraction of sp³-hybridized carbons (Fsp3) is 0.105. The lowest BCUT2D eigenvalue weighted by molar-refractivity contribution is 0.104. The van der Waals surface area contributed by atoms with Crippen LogP contribution >= 0.6 is 0 Å². The van der Waals surface area contributed by atoms with Crippen LogP contribution in [0.2, 0.25) is 0 Å². The molecule has 0 saturated carbocycles. The topological polar surface area (TPSA) is 17.1 Å². The van der Waals surface area contributed by atoms with Crippen LogP contribution in [0.4, 0.5) is 0 Å². The van der Waals surface area contributed by atoms with E-state index < -0.39 is 0 Å². The van der Waals surface area contributed by atoms with Crippen molar-refractivity contribution >= 4 is 16.6 Å². The number of benzene rings is 3. The molecule has 0 saturated heterocycles. The largest absolute Gasteiger partial charge is 0.289 e. The Bertz CT molecular complexity index is 888. The van der Waals surface area contributed by atoms with Gasteiger partial charge in [-0.2, -0.15) is 0 Å². The maximum atomic E-state index is 12.7. The van der Waals surface area contributed by atoms with Crippen molar-refractivity contribution < 1.29 is 4.79 Å². The van der Waals surface area contributed by atoms with Gasteiger partial charge >= 0.3 is 0 Å². The Morgan fingerprint density at radius 2 is 1.40 bits per heavy atom. The molecule has 20 heavy (non-hydrogen) atoms. The zero-order chi connectivity index (χ0) is 13.9. The van der Waals surface area contributed by atoms with Crippen LogP contribution in [0.3, 0.4) is 0 Å². The van der Waals surface area contributed by atoms with Gasteiger partial charge in [0.2, 0.25) is 0 Å². The summed E-state index contributed by atoms with van der Waals surface area (Å²) in [6.45, 7) is 4.10. The number of hydrogen-bond acceptors (Lipinski definition) is 1. The van der Waals surface area contributed by atoms with Crippen LogP contribution in [0.15, 0.2) is 48.5 Å². The lowest BCUT2D eigenvalue weighted by Crippen LogP contribution is -1.96. The molecule has 3 aromatic rings. The highest BCUT2D eigenvalue weighted by atomic mass is 16.1. The molecular formula is C19H14O. The van der Waals surface area contributed by atoms with E-state index in [1.807, 2.05) is 13.0 Å². The van der Waals surface area contributed by atoms with Crippen molar-refractivity contribution in [2.75, 3.05) is 0 Å². The van der Waals surface area contributed by atoms with E-state index in [9.17, 15) is 4.79 Å². The predicted molar refractivity (Wildman–Crippen MR) is 82.3 cm³/mol. The number of aryl methyl sites for hydroxylation is 2. The van der Waals surface area contributed by atoms with Gasteiger partial charge in [0.1, 0.15) is 0 Å². The minimum atomic E-state index is 0.160. The molecule has 0 radical (unpaired) electrons. The van der Waals surface area contributed by atoms with Crippen LogP contribution in [-0.4, -0.2) is 5.78 Å². The van der Waals surface area contributed by atoms with Crippen LogP contribution in [0, 0.1) is 13.8 Å². The molecule has 1 nitrogen and oxygen atoms in total. The molecule has 0 unspecified atom stereocenters. The molecule has 0 fully saturated rings. The Hall–Kier alpha value is -2.41. The normalized spacial score (nSPS) is 12.6. The van der Waals surface area contributed by atoms with Gasteiger partial charge in [-0.05, 0) is 41.8 Å². The molecule has 4 rings (SSSR count). The summed E-state index contributed by atoms with van der Waals surface area (Å²) in [5, 5.41) is 2.20. The summed E-state index contributed by atoms with van der Waals surface area (Å²) in [5.41, 5.74) is 6.19. The summed E-state index contributed by atoms with van der Waals surface area (Å²) < 4.78 is 0. The van der Waals surface area contributed by atoms with E-state index in [0.717, 1.165) is 38.6 Å². The first-order valence-corrected chi connectivity index (χ1v) is 6.84. The average molecular weight is 258 g/mol. The van der Waals surface area contributed by atoms with Crippen LogP contribution in [0.25, 0.3) is 21.9 Å². The molecule has 0 aliphatic heterocycles. The first kappa shape index (κ1) is 11.4. The van der Waals surface area contributed by atoms with Crippen molar-refractivity contribution in [1.82, 2.24) is 0 Å². The number of ketones is 1. The second kappa shape index (κ2) is 3.80. The van der Waals surface area contributed by atoms with Gasteiger partial charge in [-0.1, -0.05) is 53.6 Å². The second-order valence-corrected chi connectivity index (χ2v) is 5.59.